The summed E-state index contributed by atoms with van der Waals surface area (Å²) in [5.41, 5.74) is 2.10. The molecule has 5 nitrogen and oxygen atoms in total. The highest BCUT2D eigenvalue weighted by Crippen LogP contribution is 2.15. The van der Waals surface area contributed by atoms with Crippen LogP contribution in [0.25, 0.3) is 0 Å². The van der Waals surface area contributed by atoms with E-state index in [1.807, 2.05) is 30.5 Å². The molecular formula is C19H23BrN4O. The summed E-state index contributed by atoms with van der Waals surface area (Å²) in [4.78, 5) is 14.3. The number of nitrogens with zero attached hydrogens (tertiary/aromatic N) is 4. The maximum absolute atomic E-state index is 5.04. The molecule has 0 spiro atoms. The SMILES string of the molecule is CO/N=C(/CCN1CCN(c2ccccn2)CC1)c1ccc(Br)cc1. The fourth-order valence-corrected chi connectivity index (χ4v) is 3.26. The fraction of sp³-hybridized carbons (Fsp3) is 0.368. The first-order valence-corrected chi connectivity index (χ1v) is 9.30. The van der Waals surface area contributed by atoms with Gasteiger partial charge < -0.3 is 9.74 Å². The number of piperazine rings is 1. The van der Waals surface area contributed by atoms with Crippen molar-refractivity contribution in [1.82, 2.24) is 9.88 Å². The Balaban J connectivity index is 1.53. The molecule has 1 aromatic carbocycles. The minimum absolute atomic E-state index is 0.874. The number of oxime groups is 1. The Hall–Kier alpha value is -1.92. The topological polar surface area (TPSA) is 41.0 Å². The van der Waals surface area contributed by atoms with Crippen LogP contribution in [0.3, 0.4) is 0 Å². The van der Waals surface area contributed by atoms with Gasteiger partial charge in [0.1, 0.15) is 12.9 Å². The number of hydrogen-bond acceptors (Lipinski definition) is 5. The molecule has 0 aliphatic carbocycles. The first-order chi connectivity index (χ1) is 12.3. The second-order valence-electron chi connectivity index (χ2n) is 5.99. The molecule has 0 saturated carbocycles. The van der Waals surface area contributed by atoms with Crippen LogP contribution in [0.5, 0.6) is 0 Å². The van der Waals surface area contributed by atoms with Crippen LogP contribution in [0, 0.1) is 0 Å². The van der Waals surface area contributed by atoms with Crippen LogP contribution in [-0.4, -0.2) is 55.4 Å². The van der Waals surface area contributed by atoms with Gasteiger partial charge in [0.25, 0.3) is 0 Å². The largest absolute Gasteiger partial charge is 0.399 e. The van der Waals surface area contributed by atoms with Gasteiger partial charge >= 0.3 is 0 Å². The minimum atomic E-state index is 0.874. The molecule has 132 valence electrons. The lowest BCUT2D eigenvalue weighted by Crippen LogP contribution is -2.47. The summed E-state index contributed by atoms with van der Waals surface area (Å²) in [6.45, 7) is 5.07. The molecule has 1 aromatic heterocycles. The van der Waals surface area contributed by atoms with Crippen LogP contribution in [0.15, 0.2) is 58.3 Å². The molecule has 1 saturated heterocycles. The molecule has 2 heterocycles. The minimum Gasteiger partial charge on any atom is -0.399 e. The maximum Gasteiger partial charge on any atom is 0.128 e. The second kappa shape index (κ2) is 8.97. The van der Waals surface area contributed by atoms with E-state index in [0.29, 0.717) is 0 Å². The summed E-state index contributed by atoms with van der Waals surface area (Å²) < 4.78 is 1.07. The Labute approximate surface area is 157 Å². The summed E-state index contributed by atoms with van der Waals surface area (Å²) in [5, 5.41) is 4.23. The van der Waals surface area contributed by atoms with Crippen LogP contribution in [-0.2, 0) is 4.84 Å². The smallest absolute Gasteiger partial charge is 0.128 e. The van der Waals surface area contributed by atoms with E-state index in [4.69, 9.17) is 4.84 Å². The van der Waals surface area contributed by atoms with E-state index in [9.17, 15) is 0 Å². The van der Waals surface area contributed by atoms with Gasteiger partial charge in [0.15, 0.2) is 0 Å². The van der Waals surface area contributed by atoms with Gasteiger partial charge in [0, 0.05) is 49.8 Å². The zero-order valence-electron chi connectivity index (χ0n) is 14.4. The highest BCUT2D eigenvalue weighted by atomic mass is 79.9. The molecule has 1 fully saturated rings. The predicted octanol–water partition coefficient (Wildman–Crippen LogP) is 3.41. The zero-order valence-corrected chi connectivity index (χ0v) is 16.0. The van der Waals surface area contributed by atoms with Gasteiger partial charge in [0.2, 0.25) is 0 Å². The van der Waals surface area contributed by atoms with Crippen LogP contribution in [0.4, 0.5) is 5.82 Å². The van der Waals surface area contributed by atoms with Gasteiger partial charge in [-0.25, -0.2) is 4.98 Å². The van der Waals surface area contributed by atoms with E-state index < -0.39 is 0 Å². The average Bonchev–Trinajstić information content (AvgIpc) is 2.67. The standard InChI is InChI=1S/C19H23BrN4O/c1-25-22-18(16-5-7-17(20)8-6-16)9-11-23-12-14-24(15-13-23)19-4-2-3-10-21-19/h2-8,10H,9,11-15H2,1H3/b22-18-. The van der Waals surface area contributed by atoms with Gasteiger partial charge in [-0.1, -0.05) is 39.3 Å². The number of anilines is 1. The number of halogens is 1. The van der Waals surface area contributed by atoms with Gasteiger partial charge in [0.05, 0.1) is 5.71 Å². The molecule has 0 amide bonds. The Morgan fingerprint density at radius 3 is 2.52 bits per heavy atom. The summed E-state index contributed by atoms with van der Waals surface area (Å²) in [7, 11) is 1.60. The summed E-state index contributed by atoms with van der Waals surface area (Å²) >= 11 is 3.47. The van der Waals surface area contributed by atoms with Crippen LogP contribution < -0.4 is 4.90 Å². The molecule has 25 heavy (non-hydrogen) atoms. The molecular weight excluding hydrogens is 380 g/mol. The zero-order chi connectivity index (χ0) is 17.5. The van der Waals surface area contributed by atoms with E-state index in [-0.39, 0.29) is 0 Å². The lowest BCUT2D eigenvalue weighted by atomic mass is 10.1. The Bertz CT molecular complexity index is 682. The first kappa shape index (κ1) is 17.9. The van der Waals surface area contributed by atoms with E-state index in [1.54, 1.807) is 7.11 Å². The number of aromatic nitrogens is 1. The number of rotatable bonds is 6. The molecule has 1 aliphatic rings. The van der Waals surface area contributed by atoms with Gasteiger partial charge in [-0.05, 0) is 29.8 Å². The number of benzene rings is 1. The third-order valence-electron chi connectivity index (χ3n) is 4.39. The van der Waals surface area contributed by atoms with E-state index >= 15 is 0 Å². The highest BCUT2D eigenvalue weighted by molar-refractivity contribution is 9.10. The van der Waals surface area contributed by atoms with Crippen molar-refractivity contribution in [3.05, 3.63) is 58.7 Å². The predicted molar refractivity (Wildman–Crippen MR) is 105 cm³/mol. The summed E-state index contributed by atoms with van der Waals surface area (Å²) in [6.07, 6.45) is 2.73. The fourth-order valence-electron chi connectivity index (χ4n) is 3.00. The van der Waals surface area contributed by atoms with Crippen molar-refractivity contribution >= 4 is 27.5 Å². The van der Waals surface area contributed by atoms with Crippen LogP contribution in [0.2, 0.25) is 0 Å². The van der Waals surface area contributed by atoms with Gasteiger partial charge in [-0.3, -0.25) is 4.90 Å². The van der Waals surface area contributed by atoms with Gasteiger partial charge in [-0.2, -0.15) is 0 Å². The Kier molecular flexibility index (Phi) is 6.42. The van der Waals surface area contributed by atoms with Crippen LogP contribution in [0.1, 0.15) is 12.0 Å². The van der Waals surface area contributed by atoms with Crippen molar-refractivity contribution in [2.45, 2.75) is 6.42 Å². The van der Waals surface area contributed by atoms with E-state index in [1.165, 1.54) is 0 Å². The second-order valence-corrected chi connectivity index (χ2v) is 6.91. The lowest BCUT2D eigenvalue weighted by molar-refractivity contribution is 0.211. The molecule has 0 radical (unpaired) electrons. The summed E-state index contributed by atoms with van der Waals surface area (Å²) in [5.74, 6) is 1.07. The van der Waals surface area contributed by atoms with Crippen LogP contribution >= 0.6 is 15.9 Å². The van der Waals surface area contributed by atoms with Crippen molar-refractivity contribution in [2.24, 2.45) is 5.16 Å². The molecule has 6 heteroatoms. The summed E-state index contributed by atoms with van der Waals surface area (Å²) in [6, 6.07) is 14.3. The molecule has 0 bridgehead atoms. The Morgan fingerprint density at radius 1 is 1.12 bits per heavy atom. The first-order valence-electron chi connectivity index (χ1n) is 8.50. The maximum atomic E-state index is 5.04. The number of hydrogen-bond donors (Lipinski definition) is 0. The normalized spacial score (nSPS) is 16.1. The molecule has 0 unspecified atom stereocenters. The molecule has 0 N–H and O–H groups in total. The van der Waals surface area contributed by atoms with E-state index in [0.717, 1.165) is 60.7 Å². The molecule has 0 atom stereocenters. The highest BCUT2D eigenvalue weighted by Gasteiger charge is 2.18. The Morgan fingerprint density at radius 2 is 1.88 bits per heavy atom. The average molecular weight is 403 g/mol. The van der Waals surface area contributed by atoms with Crippen molar-refractivity contribution in [3.63, 3.8) is 0 Å². The quantitative estimate of drug-likeness (QED) is 0.548. The number of pyridine rings is 1. The van der Waals surface area contributed by atoms with Crippen molar-refractivity contribution in [3.8, 4) is 0 Å². The third kappa shape index (κ3) is 5.03. The molecule has 1 aliphatic heterocycles. The molecule has 3 rings (SSSR count). The van der Waals surface area contributed by atoms with Gasteiger partial charge in [-0.15, -0.1) is 0 Å². The lowest BCUT2D eigenvalue weighted by Gasteiger charge is -2.35. The van der Waals surface area contributed by atoms with Crippen molar-refractivity contribution in [2.75, 3.05) is 44.7 Å². The molecule has 2 aromatic rings. The van der Waals surface area contributed by atoms with Crippen molar-refractivity contribution in [1.29, 1.82) is 0 Å². The van der Waals surface area contributed by atoms with E-state index in [2.05, 4.69) is 54.1 Å². The monoisotopic (exact) mass is 402 g/mol. The van der Waals surface area contributed by atoms with Crippen molar-refractivity contribution < 1.29 is 4.84 Å². The third-order valence-corrected chi connectivity index (χ3v) is 4.92.